The first kappa shape index (κ1) is 24.8. The summed E-state index contributed by atoms with van der Waals surface area (Å²) in [7, 11) is 0. The van der Waals surface area contributed by atoms with Gasteiger partial charge in [-0.2, -0.15) is 0 Å². The molecule has 1 aromatic heterocycles. The fourth-order valence-electron chi connectivity index (χ4n) is 3.93. The van der Waals surface area contributed by atoms with Gasteiger partial charge in [0.2, 0.25) is 11.8 Å². The van der Waals surface area contributed by atoms with Crippen molar-refractivity contribution in [3.8, 4) is 0 Å². The van der Waals surface area contributed by atoms with Crippen LogP contribution in [0.25, 0.3) is 0 Å². The van der Waals surface area contributed by atoms with Crippen LogP contribution in [0.15, 0.2) is 15.8 Å². The third kappa shape index (κ3) is 8.69. The van der Waals surface area contributed by atoms with Crippen molar-refractivity contribution >= 4 is 11.8 Å². The molecule has 2 rings (SSSR count). The Morgan fingerprint density at radius 1 is 1.06 bits per heavy atom. The first-order chi connectivity index (χ1) is 14.9. The maximum atomic E-state index is 12.7. The molecule has 1 aliphatic carbocycles. The predicted octanol–water partition coefficient (Wildman–Crippen LogP) is 1.11. The number of nitrogens with one attached hydrogen (secondary N) is 3. The van der Waals surface area contributed by atoms with Crippen molar-refractivity contribution in [1.29, 1.82) is 0 Å². The summed E-state index contributed by atoms with van der Waals surface area (Å²) in [5.74, 6) is -1.01. The van der Waals surface area contributed by atoms with Gasteiger partial charge in [0.1, 0.15) is 12.6 Å². The highest BCUT2D eigenvalue weighted by Gasteiger charge is 2.23. The maximum Gasteiger partial charge on any atom is 0.328 e. The number of hydrogen-bond donors (Lipinski definition) is 4. The molecule has 174 valence electrons. The summed E-state index contributed by atoms with van der Waals surface area (Å²) in [4.78, 5) is 50.4. The highest BCUT2D eigenvalue weighted by atomic mass is 16.3. The number of aliphatic hydroxyl groups excluding tert-OH is 1. The van der Waals surface area contributed by atoms with Crippen LogP contribution in [0.3, 0.4) is 0 Å². The van der Waals surface area contributed by atoms with E-state index in [0.717, 1.165) is 43.1 Å². The van der Waals surface area contributed by atoms with E-state index in [2.05, 4.69) is 15.6 Å². The smallest absolute Gasteiger partial charge is 0.328 e. The molecule has 1 saturated carbocycles. The van der Waals surface area contributed by atoms with Crippen LogP contribution in [0.2, 0.25) is 0 Å². The number of hydrogen-bond acceptors (Lipinski definition) is 5. The molecule has 9 heteroatoms. The fraction of sp³-hybridized carbons (Fsp3) is 0.727. The second-order valence-electron chi connectivity index (χ2n) is 8.47. The summed E-state index contributed by atoms with van der Waals surface area (Å²) in [6.45, 7) is 0.632. The van der Waals surface area contributed by atoms with Crippen LogP contribution < -0.4 is 21.9 Å². The third-order valence-electron chi connectivity index (χ3n) is 5.79. The van der Waals surface area contributed by atoms with E-state index in [1.54, 1.807) is 0 Å². The molecule has 2 amide bonds. The minimum atomic E-state index is -1.09. The van der Waals surface area contributed by atoms with Crippen LogP contribution >= 0.6 is 0 Å². The average Bonchev–Trinajstić information content (AvgIpc) is 2.72. The number of aliphatic hydroxyl groups is 1. The lowest BCUT2D eigenvalue weighted by Crippen LogP contribution is -2.52. The molecule has 0 spiro atoms. The van der Waals surface area contributed by atoms with E-state index in [4.69, 9.17) is 0 Å². The zero-order valence-electron chi connectivity index (χ0n) is 18.5. The number of aryl methyl sites for hydroxylation is 1. The molecule has 0 unspecified atom stereocenters. The standard InChI is InChI=1S/C22H36N4O5/c1-16-13-26(22(31)25-20(16)29)14-19(28)24-18(15-27)21(30)23-17-11-9-7-5-3-2-4-6-8-10-12-17/h13,17-18,27H,2-12,14-15H2,1H3,(H,23,30)(H,24,28)(H,25,29,31)/t18-/m0/s1. The molecule has 9 nitrogen and oxygen atoms in total. The number of carbonyl (C=O) groups excluding carboxylic acids is 2. The van der Waals surface area contributed by atoms with Gasteiger partial charge in [0.05, 0.1) is 6.61 Å². The Balaban J connectivity index is 1.91. The van der Waals surface area contributed by atoms with E-state index in [-0.39, 0.29) is 12.6 Å². The third-order valence-corrected chi connectivity index (χ3v) is 5.79. The first-order valence-electron chi connectivity index (χ1n) is 11.4. The van der Waals surface area contributed by atoms with E-state index in [1.807, 2.05) is 0 Å². The molecule has 1 fully saturated rings. The fourth-order valence-corrected chi connectivity index (χ4v) is 3.93. The summed E-state index contributed by atoms with van der Waals surface area (Å²) in [6.07, 6.45) is 13.8. The summed E-state index contributed by atoms with van der Waals surface area (Å²) >= 11 is 0. The van der Waals surface area contributed by atoms with E-state index in [0.29, 0.717) is 5.56 Å². The summed E-state index contributed by atoms with van der Waals surface area (Å²) in [5.41, 5.74) is -0.915. The number of carbonyl (C=O) groups is 2. The largest absolute Gasteiger partial charge is 0.394 e. The van der Waals surface area contributed by atoms with Gasteiger partial charge in [-0.25, -0.2) is 4.79 Å². The Kier molecular flexibility index (Phi) is 10.5. The quantitative estimate of drug-likeness (QED) is 0.530. The van der Waals surface area contributed by atoms with Crippen molar-refractivity contribution in [1.82, 2.24) is 20.2 Å². The van der Waals surface area contributed by atoms with Crippen LogP contribution in [0.5, 0.6) is 0 Å². The van der Waals surface area contributed by atoms with E-state index in [9.17, 15) is 24.3 Å². The van der Waals surface area contributed by atoms with E-state index in [1.165, 1.54) is 45.2 Å². The Morgan fingerprint density at radius 3 is 2.16 bits per heavy atom. The van der Waals surface area contributed by atoms with Gasteiger partial charge in [-0.1, -0.05) is 57.8 Å². The van der Waals surface area contributed by atoms with Gasteiger partial charge in [0, 0.05) is 17.8 Å². The van der Waals surface area contributed by atoms with Crippen molar-refractivity contribution in [3.63, 3.8) is 0 Å². The average molecular weight is 437 g/mol. The second-order valence-corrected chi connectivity index (χ2v) is 8.47. The molecule has 1 aromatic rings. The van der Waals surface area contributed by atoms with Crippen LogP contribution in [-0.4, -0.2) is 45.2 Å². The lowest BCUT2D eigenvalue weighted by molar-refractivity contribution is -0.130. The zero-order valence-corrected chi connectivity index (χ0v) is 18.5. The number of aromatic nitrogens is 2. The molecular formula is C22H36N4O5. The number of rotatable bonds is 6. The molecule has 0 aromatic carbocycles. The summed E-state index contributed by atoms with van der Waals surface area (Å²) in [5, 5.41) is 15.1. The molecular weight excluding hydrogens is 400 g/mol. The molecule has 1 heterocycles. The second kappa shape index (κ2) is 13.1. The van der Waals surface area contributed by atoms with Gasteiger partial charge >= 0.3 is 5.69 Å². The number of amides is 2. The van der Waals surface area contributed by atoms with Crippen LogP contribution in [-0.2, 0) is 16.1 Å². The summed E-state index contributed by atoms with van der Waals surface area (Å²) < 4.78 is 1.06. The SMILES string of the molecule is Cc1cn(CC(=O)N[C@@H](CO)C(=O)NC2CCCCCCCCCCC2)c(=O)[nH]c1=O. The predicted molar refractivity (Wildman–Crippen MR) is 118 cm³/mol. The van der Waals surface area contributed by atoms with Crippen molar-refractivity contribution in [2.45, 2.75) is 96.2 Å². The molecule has 4 N–H and O–H groups in total. The number of H-pyrrole nitrogens is 1. The molecule has 1 atom stereocenters. The van der Waals surface area contributed by atoms with E-state index >= 15 is 0 Å². The molecule has 0 saturated heterocycles. The van der Waals surface area contributed by atoms with Crippen molar-refractivity contribution < 1.29 is 14.7 Å². The lowest BCUT2D eigenvalue weighted by Gasteiger charge is -2.23. The molecule has 31 heavy (non-hydrogen) atoms. The van der Waals surface area contributed by atoms with Crippen LogP contribution in [0, 0.1) is 6.92 Å². The van der Waals surface area contributed by atoms with Gasteiger partial charge in [-0.05, 0) is 19.8 Å². The minimum absolute atomic E-state index is 0.0300. The highest BCUT2D eigenvalue weighted by Crippen LogP contribution is 2.17. The van der Waals surface area contributed by atoms with Gasteiger partial charge in [0.15, 0.2) is 0 Å². The normalized spacial score (nSPS) is 17.7. The van der Waals surface area contributed by atoms with E-state index < -0.39 is 35.7 Å². The molecule has 0 bridgehead atoms. The Hall–Kier alpha value is -2.42. The van der Waals surface area contributed by atoms with Crippen molar-refractivity contribution in [3.05, 3.63) is 32.6 Å². The maximum absolute atomic E-state index is 12.7. The van der Waals surface area contributed by atoms with Gasteiger partial charge in [-0.15, -0.1) is 0 Å². The Morgan fingerprint density at radius 2 is 1.61 bits per heavy atom. The summed E-state index contributed by atoms with van der Waals surface area (Å²) in [6, 6.07) is -1.06. The Bertz CT molecular complexity index is 820. The topological polar surface area (TPSA) is 133 Å². The number of aromatic amines is 1. The van der Waals surface area contributed by atoms with Crippen molar-refractivity contribution in [2.24, 2.45) is 0 Å². The first-order valence-corrected chi connectivity index (χ1v) is 11.4. The van der Waals surface area contributed by atoms with Gasteiger partial charge < -0.3 is 15.7 Å². The van der Waals surface area contributed by atoms with Gasteiger partial charge in [0.25, 0.3) is 5.56 Å². The van der Waals surface area contributed by atoms with Crippen LogP contribution in [0.4, 0.5) is 0 Å². The van der Waals surface area contributed by atoms with Crippen LogP contribution in [0.1, 0.15) is 76.2 Å². The van der Waals surface area contributed by atoms with Crippen molar-refractivity contribution in [2.75, 3.05) is 6.61 Å². The highest BCUT2D eigenvalue weighted by molar-refractivity contribution is 5.87. The number of nitrogens with zero attached hydrogens (tertiary/aromatic N) is 1. The lowest BCUT2D eigenvalue weighted by atomic mass is 9.97. The minimum Gasteiger partial charge on any atom is -0.394 e. The molecule has 0 aliphatic heterocycles. The Labute approximate surface area is 182 Å². The molecule has 1 aliphatic rings. The monoisotopic (exact) mass is 436 g/mol. The molecule has 0 radical (unpaired) electrons. The zero-order chi connectivity index (χ0) is 22.6. The van der Waals surface area contributed by atoms with Gasteiger partial charge in [-0.3, -0.25) is 23.9 Å².